The Bertz CT molecular complexity index is 1190. The monoisotopic (exact) mass is 582 g/mol. The minimum absolute atomic E-state index is 0.223. The maximum absolute atomic E-state index is 14.5. The van der Waals surface area contributed by atoms with Crippen LogP contribution >= 0.6 is 0 Å². The predicted octanol–water partition coefficient (Wildman–Crippen LogP) is 7.13. The molecule has 1 saturated carbocycles. The first-order valence-electron chi connectivity index (χ1n) is 11.0. The first-order chi connectivity index (χ1) is 17.8. The molecular formula is C23H18F12N2O2. The van der Waals surface area contributed by atoms with Gasteiger partial charge in [0.15, 0.2) is 0 Å². The Labute approximate surface area is 212 Å². The summed E-state index contributed by atoms with van der Waals surface area (Å²) in [5.41, 5.74) is -5.49. The van der Waals surface area contributed by atoms with Crippen molar-refractivity contribution in [2.75, 3.05) is 6.54 Å². The van der Waals surface area contributed by atoms with E-state index >= 15 is 0 Å². The molecule has 1 atom stereocenters. The number of hydrogen-bond donors (Lipinski definition) is 2. The second-order valence-electron chi connectivity index (χ2n) is 8.81. The fourth-order valence-electron chi connectivity index (χ4n) is 3.85. The molecule has 3 rings (SSSR count). The van der Waals surface area contributed by atoms with Crippen molar-refractivity contribution in [3.63, 3.8) is 0 Å². The summed E-state index contributed by atoms with van der Waals surface area (Å²) in [6, 6.07) is 0.986. The Hall–Kier alpha value is -3.33. The van der Waals surface area contributed by atoms with Crippen LogP contribution in [0.5, 0.6) is 5.75 Å². The topological polar surface area (TPSA) is 50.4 Å². The number of urea groups is 1. The molecule has 0 aliphatic heterocycles. The van der Waals surface area contributed by atoms with E-state index in [0.29, 0.717) is 31.0 Å². The summed E-state index contributed by atoms with van der Waals surface area (Å²) < 4.78 is 163. The lowest BCUT2D eigenvalue weighted by Gasteiger charge is -2.37. The number of amides is 2. The molecule has 0 aromatic heterocycles. The van der Waals surface area contributed by atoms with Crippen LogP contribution in [0.3, 0.4) is 0 Å². The summed E-state index contributed by atoms with van der Waals surface area (Å²) in [4.78, 5) is 12.5. The van der Waals surface area contributed by atoms with Crippen LogP contribution in [0.4, 0.5) is 57.5 Å². The lowest BCUT2D eigenvalue weighted by Crippen LogP contribution is -2.52. The fourth-order valence-corrected chi connectivity index (χ4v) is 3.85. The van der Waals surface area contributed by atoms with Crippen molar-refractivity contribution < 1.29 is 62.2 Å². The number of carbonyl (C=O) groups is 1. The lowest BCUT2D eigenvalue weighted by molar-refractivity contribution is -0.253. The van der Waals surface area contributed by atoms with Crippen molar-refractivity contribution in [2.45, 2.75) is 49.7 Å². The Morgan fingerprint density at radius 3 is 2.10 bits per heavy atom. The third kappa shape index (κ3) is 7.62. The third-order valence-corrected chi connectivity index (χ3v) is 5.70. The Kier molecular flexibility index (Phi) is 8.27. The van der Waals surface area contributed by atoms with Crippen molar-refractivity contribution in [2.24, 2.45) is 5.92 Å². The van der Waals surface area contributed by atoms with Crippen molar-refractivity contribution in [1.82, 2.24) is 10.6 Å². The number of nitrogens with one attached hydrogen (secondary N) is 2. The number of halogens is 12. The number of alkyl halides is 10. The normalized spacial score (nSPS) is 16.1. The van der Waals surface area contributed by atoms with Gasteiger partial charge in [-0.25, -0.2) is 13.6 Å². The summed E-state index contributed by atoms with van der Waals surface area (Å²) in [5, 5.41) is 3.48. The Balaban J connectivity index is 2.23. The highest BCUT2D eigenvalue weighted by atomic mass is 19.4. The van der Waals surface area contributed by atoms with E-state index in [0.717, 1.165) is 6.07 Å². The summed E-state index contributed by atoms with van der Waals surface area (Å²) in [5.74, 6) is -4.83. The van der Waals surface area contributed by atoms with Crippen LogP contribution < -0.4 is 15.4 Å². The molecule has 39 heavy (non-hydrogen) atoms. The highest BCUT2D eigenvalue weighted by Crippen LogP contribution is 2.46. The van der Waals surface area contributed by atoms with Gasteiger partial charge in [-0.15, -0.1) is 0 Å². The van der Waals surface area contributed by atoms with Crippen LogP contribution in [0.15, 0.2) is 36.4 Å². The molecule has 0 unspecified atom stereocenters. The van der Waals surface area contributed by atoms with E-state index in [1.165, 1.54) is 5.32 Å². The van der Waals surface area contributed by atoms with E-state index in [1.54, 1.807) is 0 Å². The summed E-state index contributed by atoms with van der Waals surface area (Å²) in [6.07, 6.45) is -19.3. The lowest BCUT2D eigenvalue weighted by atomic mass is 9.77. The molecule has 2 aromatic rings. The van der Waals surface area contributed by atoms with Gasteiger partial charge >= 0.3 is 30.9 Å². The van der Waals surface area contributed by atoms with Crippen LogP contribution in [-0.2, 0) is 11.7 Å². The molecule has 0 spiro atoms. The van der Waals surface area contributed by atoms with Crippen molar-refractivity contribution in [1.29, 1.82) is 0 Å². The smallest absolute Gasteiger partial charge is 0.428 e. The van der Waals surface area contributed by atoms with E-state index in [4.69, 9.17) is 0 Å². The SMILES string of the molecule is O=C(NCC(F)(F)F)N[C@@](CC1CC1)(c1cc(F)cc(OC(F)(F)C(F)F)c1)c1ccc(F)c(C(F)(F)F)c1. The van der Waals surface area contributed by atoms with Gasteiger partial charge in [0.25, 0.3) is 0 Å². The van der Waals surface area contributed by atoms with Gasteiger partial charge in [-0.3, -0.25) is 0 Å². The van der Waals surface area contributed by atoms with Gasteiger partial charge in [-0.1, -0.05) is 18.9 Å². The number of carbonyl (C=O) groups excluding carboxylic acids is 1. The minimum atomic E-state index is -5.29. The Morgan fingerprint density at radius 1 is 0.923 bits per heavy atom. The maximum atomic E-state index is 14.5. The van der Waals surface area contributed by atoms with E-state index in [2.05, 4.69) is 4.74 Å². The van der Waals surface area contributed by atoms with E-state index in [-0.39, 0.29) is 12.1 Å². The fraction of sp³-hybridized carbons (Fsp3) is 0.435. The molecule has 2 N–H and O–H groups in total. The molecule has 0 saturated heterocycles. The maximum Gasteiger partial charge on any atom is 0.461 e. The van der Waals surface area contributed by atoms with Crippen molar-refractivity contribution in [3.8, 4) is 5.75 Å². The zero-order chi connectivity index (χ0) is 29.4. The molecule has 0 radical (unpaired) electrons. The highest BCUT2D eigenvalue weighted by Gasteiger charge is 2.46. The van der Waals surface area contributed by atoms with Crippen LogP contribution in [0.1, 0.15) is 36.0 Å². The number of hydrogen-bond acceptors (Lipinski definition) is 2. The second kappa shape index (κ2) is 10.7. The zero-order valence-electron chi connectivity index (χ0n) is 19.3. The minimum Gasteiger partial charge on any atom is -0.428 e. The number of benzene rings is 2. The molecule has 1 fully saturated rings. The molecule has 1 aliphatic carbocycles. The van der Waals surface area contributed by atoms with E-state index < -0.39 is 89.4 Å². The largest absolute Gasteiger partial charge is 0.461 e. The van der Waals surface area contributed by atoms with Gasteiger partial charge in [0.1, 0.15) is 23.9 Å². The van der Waals surface area contributed by atoms with Gasteiger partial charge in [0.2, 0.25) is 0 Å². The summed E-state index contributed by atoms with van der Waals surface area (Å²) >= 11 is 0. The van der Waals surface area contributed by atoms with E-state index in [9.17, 15) is 57.5 Å². The van der Waals surface area contributed by atoms with Crippen LogP contribution in [-0.4, -0.2) is 31.3 Å². The average molecular weight is 582 g/mol. The van der Waals surface area contributed by atoms with Crippen LogP contribution in [0, 0.1) is 17.6 Å². The summed E-state index contributed by atoms with van der Waals surface area (Å²) in [6.45, 7) is -1.90. The van der Waals surface area contributed by atoms with Crippen LogP contribution in [0.2, 0.25) is 0 Å². The number of rotatable bonds is 9. The first kappa shape index (κ1) is 30.2. The number of ether oxygens (including phenoxy) is 1. The molecule has 16 heteroatoms. The standard InChI is InChI=1S/C23H18F12N2O2/c24-14-5-13(6-15(8-14)39-23(34,35)18(26)27)20(9-11-1-2-11,37-19(38)36-10-21(28,29)30)12-3-4-17(25)16(7-12)22(31,32)33/h3-8,11,18H,1-2,9-10H2,(H2,36,37,38)/t20-/m1/s1. The highest BCUT2D eigenvalue weighted by molar-refractivity contribution is 5.76. The van der Waals surface area contributed by atoms with Crippen LogP contribution in [0.25, 0.3) is 0 Å². The van der Waals surface area contributed by atoms with Gasteiger partial charge < -0.3 is 15.4 Å². The van der Waals surface area contributed by atoms with Crippen molar-refractivity contribution in [3.05, 3.63) is 64.7 Å². The quantitative estimate of drug-likeness (QED) is 0.310. The average Bonchev–Trinajstić information content (AvgIpc) is 3.59. The second-order valence-corrected chi connectivity index (χ2v) is 8.81. The van der Waals surface area contributed by atoms with Gasteiger partial charge in [0.05, 0.1) is 11.1 Å². The molecule has 4 nitrogen and oxygen atoms in total. The molecule has 0 bridgehead atoms. The molecule has 2 aromatic carbocycles. The predicted molar refractivity (Wildman–Crippen MR) is 110 cm³/mol. The Morgan fingerprint density at radius 2 is 1.56 bits per heavy atom. The molecular weight excluding hydrogens is 564 g/mol. The molecule has 216 valence electrons. The van der Waals surface area contributed by atoms with Gasteiger partial charge in [-0.05, 0) is 47.7 Å². The summed E-state index contributed by atoms with van der Waals surface area (Å²) in [7, 11) is 0. The van der Waals surface area contributed by atoms with Gasteiger partial charge in [-0.2, -0.15) is 43.9 Å². The molecule has 1 aliphatic rings. The molecule has 0 heterocycles. The van der Waals surface area contributed by atoms with Gasteiger partial charge in [0, 0.05) is 6.07 Å². The first-order valence-corrected chi connectivity index (χ1v) is 11.0. The molecule has 2 amide bonds. The van der Waals surface area contributed by atoms with Crippen molar-refractivity contribution >= 4 is 6.03 Å². The van der Waals surface area contributed by atoms with E-state index in [1.807, 2.05) is 5.32 Å². The third-order valence-electron chi connectivity index (χ3n) is 5.70. The zero-order valence-corrected chi connectivity index (χ0v) is 19.3.